The molecule has 1 heterocycles. The van der Waals surface area contributed by atoms with Gasteiger partial charge in [-0.1, -0.05) is 0 Å². The molecule has 0 spiro atoms. The van der Waals surface area contributed by atoms with E-state index in [9.17, 15) is 18.8 Å². The number of rotatable bonds is 3. The minimum absolute atomic E-state index is 0.328. The van der Waals surface area contributed by atoms with Gasteiger partial charge in [0.2, 0.25) is 5.82 Å². The average Bonchev–Trinajstić information content (AvgIpc) is 2.09. The fourth-order valence-electron chi connectivity index (χ4n) is 1.14. The number of nitrogens with zero attached hydrogens (tertiary/aromatic N) is 1. The first-order valence-corrected chi connectivity index (χ1v) is 4.14. The first kappa shape index (κ1) is 11.2. The fraction of sp³-hybridized carbons (Fsp3) is 0.375. The fourth-order valence-corrected chi connectivity index (χ4v) is 1.14. The Kier molecular flexibility index (Phi) is 3.03. The van der Waals surface area contributed by atoms with Crippen LogP contribution in [0.1, 0.15) is 19.4 Å². The highest BCUT2D eigenvalue weighted by molar-refractivity contribution is 5.67. The molecule has 0 radical (unpaired) electrons. The quantitative estimate of drug-likeness (QED) is 0.726. The summed E-state index contributed by atoms with van der Waals surface area (Å²) in [6.45, 7) is 1.44. The molecule has 82 valence electrons. The van der Waals surface area contributed by atoms with Gasteiger partial charge in [-0.3, -0.25) is 19.1 Å². The molecular weight excluding hydrogens is 207 g/mol. The van der Waals surface area contributed by atoms with Crippen LogP contribution in [0.25, 0.3) is 0 Å². The summed E-state index contributed by atoms with van der Waals surface area (Å²) in [5.41, 5.74) is -1.94. The van der Waals surface area contributed by atoms with Crippen molar-refractivity contribution < 1.29 is 14.3 Å². The van der Waals surface area contributed by atoms with E-state index < -0.39 is 29.1 Å². The van der Waals surface area contributed by atoms with E-state index in [0.717, 1.165) is 4.57 Å². The number of hydrogen-bond acceptors (Lipinski definition) is 3. The van der Waals surface area contributed by atoms with Crippen LogP contribution in [0, 0.1) is 5.82 Å². The molecule has 0 saturated carbocycles. The minimum Gasteiger partial charge on any atom is -0.481 e. The molecule has 1 rings (SSSR count). The third-order valence-corrected chi connectivity index (χ3v) is 1.87. The molecule has 6 nitrogen and oxygen atoms in total. The molecular formula is C8H9FN2O4. The number of carboxylic acids is 1. The molecule has 1 atom stereocenters. The smallest absolute Gasteiger partial charge is 0.328 e. The SMILES string of the molecule is CC(CC(=O)O)n1cc(F)c(=O)[nH]c1=O. The van der Waals surface area contributed by atoms with Gasteiger partial charge in [0.25, 0.3) is 5.56 Å². The van der Waals surface area contributed by atoms with Gasteiger partial charge >= 0.3 is 11.7 Å². The lowest BCUT2D eigenvalue weighted by molar-refractivity contribution is -0.137. The van der Waals surface area contributed by atoms with E-state index in [1.165, 1.54) is 6.92 Å². The summed E-state index contributed by atoms with van der Waals surface area (Å²) in [7, 11) is 0. The van der Waals surface area contributed by atoms with Gasteiger partial charge in [0.15, 0.2) is 0 Å². The molecule has 0 aromatic carbocycles. The van der Waals surface area contributed by atoms with E-state index >= 15 is 0 Å². The van der Waals surface area contributed by atoms with Crippen LogP contribution < -0.4 is 11.2 Å². The molecule has 7 heteroatoms. The summed E-state index contributed by atoms with van der Waals surface area (Å²) in [5, 5.41) is 8.48. The zero-order valence-corrected chi connectivity index (χ0v) is 7.86. The lowest BCUT2D eigenvalue weighted by Crippen LogP contribution is -2.33. The Morgan fingerprint density at radius 2 is 2.27 bits per heavy atom. The van der Waals surface area contributed by atoms with Crippen LogP contribution in [0.15, 0.2) is 15.8 Å². The van der Waals surface area contributed by atoms with E-state index in [4.69, 9.17) is 5.11 Å². The molecule has 0 amide bonds. The second kappa shape index (κ2) is 4.07. The van der Waals surface area contributed by atoms with Gasteiger partial charge in [-0.25, -0.2) is 4.79 Å². The summed E-state index contributed by atoms with van der Waals surface area (Å²) in [5.74, 6) is -2.23. The van der Waals surface area contributed by atoms with Crippen molar-refractivity contribution in [3.63, 3.8) is 0 Å². The second-order valence-electron chi connectivity index (χ2n) is 3.09. The number of H-pyrrole nitrogens is 1. The molecule has 2 N–H and O–H groups in total. The maximum Gasteiger partial charge on any atom is 0.328 e. The van der Waals surface area contributed by atoms with Crippen molar-refractivity contribution in [2.75, 3.05) is 0 Å². The number of halogens is 1. The molecule has 0 bridgehead atoms. The lowest BCUT2D eigenvalue weighted by atomic mass is 10.2. The highest BCUT2D eigenvalue weighted by Gasteiger charge is 2.13. The van der Waals surface area contributed by atoms with Crippen LogP contribution in [0.5, 0.6) is 0 Å². The third-order valence-electron chi connectivity index (χ3n) is 1.87. The first-order valence-electron chi connectivity index (χ1n) is 4.14. The summed E-state index contributed by atoms with van der Waals surface area (Å²) in [4.78, 5) is 33.9. The molecule has 0 aliphatic carbocycles. The molecule has 15 heavy (non-hydrogen) atoms. The van der Waals surface area contributed by atoms with Gasteiger partial charge in [0.1, 0.15) is 0 Å². The Labute approximate surface area is 83.0 Å². The lowest BCUT2D eigenvalue weighted by Gasteiger charge is -2.11. The first-order chi connectivity index (χ1) is 6.91. The predicted octanol–water partition coefficient (Wildman–Crippen LogP) is -0.289. The number of carboxylic acid groups (broad SMARTS) is 1. The van der Waals surface area contributed by atoms with Gasteiger partial charge in [-0.15, -0.1) is 0 Å². The number of aromatic amines is 1. The third kappa shape index (κ3) is 2.52. The summed E-state index contributed by atoms with van der Waals surface area (Å²) in [6, 6.07) is -0.721. The molecule has 1 unspecified atom stereocenters. The monoisotopic (exact) mass is 216 g/mol. The van der Waals surface area contributed by atoms with Crippen LogP contribution in [0.3, 0.4) is 0 Å². The van der Waals surface area contributed by atoms with E-state index in [1.54, 1.807) is 4.98 Å². The molecule has 1 aromatic heterocycles. The van der Waals surface area contributed by atoms with Crippen molar-refractivity contribution in [1.82, 2.24) is 9.55 Å². The summed E-state index contributed by atoms with van der Waals surface area (Å²) in [6.07, 6.45) is 0.375. The normalized spacial score (nSPS) is 12.4. The zero-order chi connectivity index (χ0) is 11.6. The van der Waals surface area contributed by atoms with Gasteiger partial charge in [-0.2, -0.15) is 4.39 Å². The van der Waals surface area contributed by atoms with Gasteiger partial charge in [0.05, 0.1) is 12.6 Å². The number of aliphatic carboxylic acids is 1. The number of carbonyl (C=O) groups is 1. The van der Waals surface area contributed by atoms with Crippen LogP contribution >= 0.6 is 0 Å². The van der Waals surface area contributed by atoms with Crippen LogP contribution in [0.4, 0.5) is 4.39 Å². The van der Waals surface area contributed by atoms with Crippen molar-refractivity contribution in [3.05, 3.63) is 32.9 Å². The van der Waals surface area contributed by atoms with Gasteiger partial charge in [-0.05, 0) is 6.92 Å². The molecule has 0 fully saturated rings. The molecule has 1 aromatic rings. The van der Waals surface area contributed by atoms with Crippen LogP contribution in [0.2, 0.25) is 0 Å². The molecule has 0 aliphatic rings. The van der Waals surface area contributed by atoms with Gasteiger partial charge < -0.3 is 5.11 Å². The average molecular weight is 216 g/mol. The number of aromatic nitrogens is 2. The van der Waals surface area contributed by atoms with Crippen molar-refractivity contribution >= 4 is 5.97 Å². The standard InChI is InChI=1S/C8H9FN2O4/c1-4(2-6(12)13)11-3-5(9)7(14)10-8(11)15/h3-4H,2H2,1H3,(H,12,13)(H,10,14,15). The van der Waals surface area contributed by atoms with E-state index in [2.05, 4.69) is 0 Å². The highest BCUT2D eigenvalue weighted by atomic mass is 19.1. The van der Waals surface area contributed by atoms with E-state index in [-0.39, 0.29) is 6.42 Å². The Bertz CT molecular complexity index is 490. The van der Waals surface area contributed by atoms with Crippen molar-refractivity contribution in [2.24, 2.45) is 0 Å². The maximum absolute atomic E-state index is 12.8. The van der Waals surface area contributed by atoms with E-state index in [0.29, 0.717) is 6.20 Å². The topological polar surface area (TPSA) is 92.2 Å². The highest BCUT2D eigenvalue weighted by Crippen LogP contribution is 2.06. The minimum atomic E-state index is -1.12. The van der Waals surface area contributed by atoms with E-state index in [1.807, 2.05) is 0 Å². The molecule has 0 aliphatic heterocycles. The Morgan fingerprint density at radius 1 is 1.67 bits per heavy atom. The van der Waals surface area contributed by atoms with Crippen LogP contribution in [-0.2, 0) is 4.79 Å². The maximum atomic E-state index is 12.8. The van der Waals surface area contributed by atoms with Gasteiger partial charge in [0, 0.05) is 6.04 Å². The second-order valence-corrected chi connectivity index (χ2v) is 3.09. The van der Waals surface area contributed by atoms with Crippen molar-refractivity contribution in [1.29, 1.82) is 0 Å². The zero-order valence-electron chi connectivity index (χ0n) is 7.86. The number of hydrogen-bond donors (Lipinski definition) is 2. The van der Waals surface area contributed by atoms with Crippen molar-refractivity contribution in [2.45, 2.75) is 19.4 Å². The van der Waals surface area contributed by atoms with Crippen molar-refractivity contribution in [3.8, 4) is 0 Å². The van der Waals surface area contributed by atoms with Crippen LogP contribution in [-0.4, -0.2) is 20.6 Å². The largest absolute Gasteiger partial charge is 0.481 e. The molecule has 0 saturated heterocycles. The summed E-state index contributed by atoms with van der Waals surface area (Å²) < 4.78 is 13.6. The Hall–Kier alpha value is -1.92. The predicted molar refractivity (Wildman–Crippen MR) is 48.2 cm³/mol. The number of nitrogens with one attached hydrogen (secondary N) is 1. The Morgan fingerprint density at radius 3 is 2.80 bits per heavy atom. The Balaban J connectivity index is 3.15. The summed E-state index contributed by atoms with van der Waals surface area (Å²) >= 11 is 0.